The zero-order chi connectivity index (χ0) is 21.0. The van der Waals surface area contributed by atoms with E-state index in [1.807, 2.05) is 0 Å². The summed E-state index contributed by atoms with van der Waals surface area (Å²) in [4.78, 5) is 14.6. The molecule has 0 aromatic heterocycles. The Balaban J connectivity index is 1.65. The van der Waals surface area contributed by atoms with Crippen molar-refractivity contribution < 1.29 is 17.6 Å². The lowest BCUT2D eigenvalue weighted by Gasteiger charge is -2.33. The first kappa shape index (κ1) is 21.7. The fourth-order valence-electron chi connectivity index (χ4n) is 3.21. The second-order valence-corrected chi connectivity index (χ2v) is 9.13. The van der Waals surface area contributed by atoms with Crippen molar-refractivity contribution in [2.24, 2.45) is 0 Å². The number of halogens is 2. The summed E-state index contributed by atoms with van der Waals surface area (Å²) >= 11 is 5.95. The van der Waals surface area contributed by atoms with Crippen molar-refractivity contribution in [3.8, 4) is 0 Å². The number of benzene rings is 2. The highest BCUT2D eigenvalue weighted by Gasteiger charge is 2.27. The summed E-state index contributed by atoms with van der Waals surface area (Å²) in [6.45, 7) is 5.29. The molecule has 0 aliphatic carbocycles. The number of carbonyl (C=O) groups excluding carboxylic acids is 1. The third-order valence-corrected chi connectivity index (χ3v) is 7.22. The van der Waals surface area contributed by atoms with E-state index in [9.17, 15) is 17.6 Å². The van der Waals surface area contributed by atoms with E-state index in [0.29, 0.717) is 31.9 Å². The molecule has 6 nitrogen and oxygen atoms in total. The summed E-state index contributed by atoms with van der Waals surface area (Å²) in [5.41, 5.74) is 0.550. The largest absolute Gasteiger partial charge is 0.326 e. The summed E-state index contributed by atoms with van der Waals surface area (Å²) in [6, 6.07) is 10.2. The molecule has 0 saturated carbocycles. The van der Waals surface area contributed by atoms with Gasteiger partial charge in [0.1, 0.15) is 5.82 Å². The molecule has 2 aromatic carbocycles. The Morgan fingerprint density at radius 2 is 1.76 bits per heavy atom. The summed E-state index contributed by atoms with van der Waals surface area (Å²) in [6.07, 6.45) is -0.215. The third-order valence-electron chi connectivity index (χ3n) is 4.95. The number of amides is 1. The summed E-state index contributed by atoms with van der Waals surface area (Å²) < 4.78 is 40.9. The lowest BCUT2D eigenvalue weighted by atomic mass is 10.1. The Hall–Kier alpha value is -2.00. The van der Waals surface area contributed by atoms with Gasteiger partial charge in [-0.3, -0.25) is 4.79 Å². The second-order valence-electron chi connectivity index (χ2n) is 6.79. The number of sulfonamides is 1. The van der Waals surface area contributed by atoms with Crippen molar-refractivity contribution in [3.05, 3.63) is 58.9 Å². The van der Waals surface area contributed by atoms with E-state index in [1.54, 1.807) is 0 Å². The normalized spacial score (nSPS) is 16.0. The van der Waals surface area contributed by atoms with Gasteiger partial charge in [0.2, 0.25) is 15.9 Å². The van der Waals surface area contributed by atoms with Gasteiger partial charge in [-0.05, 0) is 42.9 Å². The molecule has 156 valence electrons. The van der Waals surface area contributed by atoms with Crippen molar-refractivity contribution in [2.45, 2.75) is 18.2 Å². The number of hydrogen-bond donors (Lipinski definition) is 1. The van der Waals surface area contributed by atoms with Crippen LogP contribution in [0.25, 0.3) is 0 Å². The molecule has 0 spiro atoms. The maximum atomic E-state index is 13.8. The maximum Gasteiger partial charge on any atom is 0.243 e. The Bertz CT molecular complexity index is 955. The van der Waals surface area contributed by atoms with E-state index in [4.69, 9.17) is 11.6 Å². The molecule has 1 heterocycles. The fraction of sp³-hybridized carbons (Fsp3) is 0.350. The van der Waals surface area contributed by atoms with Crippen LogP contribution < -0.4 is 5.32 Å². The SMILES string of the molecule is CCN1CCN(S(=O)(=O)c2ccc(NC(=O)Cc3c(F)cccc3Cl)cc2)CC1. The molecule has 2 aromatic rings. The minimum atomic E-state index is -3.57. The highest BCUT2D eigenvalue weighted by Crippen LogP contribution is 2.22. The van der Waals surface area contributed by atoms with E-state index >= 15 is 0 Å². The van der Waals surface area contributed by atoms with Crippen LogP contribution in [0.15, 0.2) is 47.4 Å². The number of carbonyl (C=O) groups is 1. The van der Waals surface area contributed by atoms with Crippen LogP contribution >= 0.6 is 11.6 Å². The van der Waals surface area contributed by atoms with Gasteiger partial charge in [0, 0.05) is 42.5 Å². The maximum absolute atomic E-state index is 13.8. The molecule has 0 bridgehead atoms. The predicted molar refractivity (Wildman–Crippen MR) is 111 cm³/mol. The van der Waals surface area contributed by atoms with Crippen LogP contribution in [0.5, 0.6) is 0 Å². The van der Waals surface area contributed by atoms with E-state index in [0.717, 1.165) is 6.54 Å². The van der Waals surface area contributed by atoms with E-state index in [1.165, 1.54) is 46.8 Å². The van der Waals surface area contributed by atoms with Crippen LogP contribution in [0, 0.1) is 5.82 Å². The van der Waals surface area contributed by atoms with Crippen molar-refractivity contribution in [2.75, 3.05) is 38.0 Å². The lowest BCUT2D eigenvalue weighted by molar-refractivity contribution is -0.115. The Labute approximate surface area is 175 Å². The van der Waals surface area contributed by atoms with Crippen molar-refractivity contribution >= 4 is 33.2 Å². The molecule has 0 atom stereocenters. The third kappa shape index (κ3) is 5.14. The first-order valence-corrected chi connectivity index (χ1v) is 11.2. The molecule has 1 aliphatic rings. The van der Waals surface area contributed by atoms with Gasteiger partial charge in [-0.1, -0.05) is 24.6 Å². The molecule has 0 unspecified atom stereocenters. The first-order chi connectivity index (χ1) is 13.8. The van der Waals surface area contributed by atoms with Crippen LogP contribution in [0.4, 0.5) is 10.1 Å². The summed E-state index contributed by atoms with van der Waals surface area (Å²) in [5, 5.41) is 2.82. The molecule has 1 fully saturated rings. The quantitative estimate of drug-likeness (QED) is 0.751. The molecule has 9 heteroatoms. The molecule has 1 amide bonds. The average Bonchev–Trinajstić information content (AvgIpc) is 2.71. The number of rotatable bonds is 6. The van der Waals surface area contributed by atoms with Crippen molar-refractivity contribution in [1.82, 2.24) is 9.21 Å². The Morgan fingerprint density at radius 3 is 2.34 bits per heavy atom. The topological polar surface area (TPSA) is 69.7 Å². The van der Waals surface area contributed by atoms with Gasteiger partial charge in [0.05, 0.1) is 11.3 Å². The Morgan fingerprint density at radius 1 is 1.10 bits per heavy atom. The number of hydrogen-bond acceptors (Lipinski definition) is 4. The van der Waals surface area contributed by atoms with Gasteiger partial charge in [-0.25, -0.2) is 12.8 Å². The summed E-state index contributed by atoms with van der Waals surface area (Å²) in [7, 11) is -3.57. The predicted octanol–water partition coefficient (Wildman–Crippen LogP) is 2.99. The monoisotopic (exact) mass is 439 g/mol. The molecule has 1 N–H and O–H groups in total. The molecule has 1 saturated heterocycles. The number of piperazine rings is 1. The smallest absolute Gasteiger partial charge is 0.243 e. The van der Waals surface area contributed by atoms with Crippen LogP contribution in [0.3, 0.4) is 0 Å². The van der Waals surface area contributed by atoms with Crippen LogP contribution in [0.1, 0.15) is 12.5 Å². The van der Waals surface area contributed by atoms with Crippen molar-refractivity contribution in [1.29, 1.82) is 0 Å². The fourth-order valence-corrected chi connectivity index (χ4v) is 4.86. The first-order valence-electron chi connectivity index (χ1n) is 9.36. The number of likely N-dealkylation sites (N-methyl/N-ethyl adjacent to an activating group) is 1. The molecular weight excluding hydrogens is 417 g/mol. The molecule has 1 aliphatic heterocycles. The van der Waals surface area contributed by atoms with Gasteiger partial charge in [-0.2, -0.15) is 4.31 Å². The van der Waals surface area contributed by atoms with E-state index in [-0.39, 0.29) is 21.9 Å². The van der Waals surface area contributed by atoms with Crippen molar-refractivity contribution in [3.63, 3.8) is 0 Å². The molecule has 29 heavy (non-hydrogen) atoms. The van der Waals surface area contributed by atoms with Crippen LogP contribution in [-0.4, -0.2) is 56.3 Å². The second kappa shape index (κ2) is 9.21. The number of nitrogens with one attached hydrogen (secondary N) is 1. The summed E-state index contributed by atoms with van der Waals surface area (Å²) in [5.74, 6) is -0.986. The van der Waals surface area contributed by atoms with E-state index in [2.05, 4.69) is 17.1 Å². The van der Waals surface area contributed by atoms with Crippen LogP contribution in [0.2, 0.25) is 5.02 Å². The Kier molecular flexibility index (Phi) is 6.89. The van der Waals surface area contributed by atoms with E-state index < -0.39 is 21.7 Å². The highest BCUT2D eigenvalue weighted by atomic mass is 35.5. The highest BCUT2D eigenvalue weighted by molar-refractivity contribution is 7.89. The molecular formula is C20H23ClFN3O3S. The zero-order valence-corrected chi connectivity index (χ0v) is 17.6. The standard InChI is InChI=1S/C20H23ClFN3O3S/c1-2-24-10-12-25(13-11-24)29(27,28)16-8-6-15(7-9-16)23-20(26)14-17-18(21)4-3-5-19(17)22/h3-9H,2,10-14H2,1H3,(H,23,26). The average molecular weight is 440 g/mol. The van der Waals surface area contributed by atoms with Gasteiger partial charge >= 0.3 is 0 Å². The lowest BCUT2D eigenvalue weighted by Crippen LogP contribution is -2.48. The van der Waals surface area contributed by atoms with Gasteiger partial charge < -0.3 is 10.2 Å². The minimum Gasteiger partial charge on any atom is -0.326 e. The number of nitrogens with zero attached hydrogens (tertiary/aromatic N) is 2. The zero-order valence-electron chi connectivity index (χ0n) is 16.1. The van der Waals surface area contributed by atoms with Gasteiger partial charge in [0.25, 0.3) is 0 Å². The minimum absolute atomic E-state index is 0.122. The van der Waals surface area contributed by atoms with Gasteiger partial charge in [0.15, 0.2) is 0 Å². The van der Waals surface area contributed by atoms with Gasteiger partial charge in [-0.15, -0.1) is 0 Å². The molecule has 0 radical (unpaired) electrons. The number of anilines is 1. The molecule has 3 rings (SSSR count). The van der Waals surface area contributed by atoms with Crippen LogP contribution in [-0.2, 0) is 21.2 Å².